The van der Waals surface area contributed by atoms with E-state index in [9.17, 15) is 26.4 Å². The molecule has 3 heterocycles. The minimum Gasteiger partial charge on any atom is -0.339 e. The molecule has 0 atom stereocenters. The highest BCUT2D eigenvalue weighted by molar-refractivity contribution is 7.89. The van der Waals surface area contributed by atoms with Crippen molar-refractivity contribution < 1.29 is 26.4 Å². The maximum atomic E-state index is 13.6. The van der Waals surface area contributed by atoms with E-state index in [-0.39, 0.29) is 23.3 Å². The van der Waals surface area contributed by atoms with Crippen LogP contribution in [0.5, 0.6) is 0 Å². The molecule has 1 amide bonds. The minimum absolute atomic E-state index is 0.0279. The van der Waals surface area contributed by atoms with Crippen LogP contribution >= 0.6 is 0 Å². The van der Waals surface area contributed by atoms with Crippen LogP contribution in [0.25, 0.3) is 11.0 Å². The predicted octanol–water partition coefficient (Wildman–Crippen LogP) is 4.78. The average molecular weight is 535 g/mol. The van der Waals surface area contributed by atoms with Gasteiger partial charge in [0.25, 0.3) is 5.91 Å². The zero-order valence-electron chi connectivity index (χ0n) is 20.3. The molecular formula is C26H29F3N4O3S. The summed E-state index contributed by atoms with van der Waals surface area (Å²) < 4.78 is 69.3. The topological polar surface area (TPSA) is 75.5 Å². The number of carbonyl (C=O) groups is 1. The number of carbonyl (C=O) groups excluding carboxylic acids is 1. The average Bonchev–Trinajstić information content (AvgIpc) is 3.28. The number of likely N-dealkylation sites (tertiary alicyclic amines) is 1. The van der Waals surface area contributed by atoms with Gasteiger partial charge in [-0.1, -0.05) is 18.6 Å². The molecule has 0 saturated carbocycles. The van der Waals surface area contributed by atoms with E-state index in [1.165, 1.54) is 21.0 Å². The molecule has 11 heteroatoms. The molecule has 2 aliphatic heterocycles. The largest absolute Gasteiger partial charge is 0.449 e. The summed E-state index contributed by atoms with van der Waals surface area (Å²) in [6.07, 6.45) is -0.698. The molecule has 3 aromatic rings. The zero-order valence-corrected chi connectivity index (χ0v) is 21.1. The number of aromatic nitrogens is 2. The van der Waals surface area contributed by atoms with Gasteiger partial charge < -0.3 is 9.47 Å². The number of alkyl halides is 3. The van der Waals surface area contributed by atoms with Gasteiger partial charge in [0.05, 0.1) is 15.9 Å². The number of halogens is 3. The SMILES string of the molecule is O=C(c1ccc(S(=O)(=O)N2CCCCC2)cc1)N1CCC(Cn2c(C(F)(F)F)nc3ccccc32)CC1. The molecule has 2 saturated heterocycles. The summed E-state index contributed by atoms with van der Waals surface area (Å²) >= 11 is 0. The Morgan fingerprint density at radius 3 is 2.22 bits per heavy atom. The standard InChI is InChI=1S/C26H29F3N4O3S/c27-26(28,29)25-30-22-6-2-3-7-23(22)33(25)18-19-12-16-31(17-13-19)24(34)20-8-10-21(11-9-20)37(35,36)32-14-4-1-5-15-32/h2-3,6-11,19H,1,4-5,12-18H2. The summed E-state index contributed by atoms with van der Waals surface area (Å²) in [6.45, 7) is 2.05. The molecular weight excluding hydrogens is 505 g/mol. The quantitative estimate of drug-likeness (QED) is 0.472. The third kappa shape index (κ3) is 5.24. The van der Waals surface area contributed by atoms with Gasteiger partial charge in [-0.3, -0.25) is 4.79 Å². The summed E-state index contributed by atoms with van der Waals surface area (Å²) in [4.78, 5) is 18.7. The van der Waals surface area contributed by atoms with Crippen molar-refractivity contribution in [1.29, 1.82) is 0 Å². The van der Waals surface area contributed by atoms with Gasteiger partial charge in [0, 0.05) is 38.3 Å². The number of nitrogens with zero attached hydrogens (tertiary/aromatic N) is 4. The summed E-state index contributed by atoms with van der Waals surface area (Å²) in [7, 11) is -3.57. The maximum Gasteiger partial charge on any atom is 0.449 e. The molecule has 0 radical (unpaired) electrons. The van der Waals surface area contributed by atoms with Crippen molar-refractivity contribution in [3.05, 3.63) is 59.9 Å². The molecule has 5 rings (SSSR count). The Labute approximate surface area is 213 Å². The fraction of sp³-hybridized carbons (Fsp3) is 0.462. The fourth-order valence-electron chi connectivity index (χ4n) is 5.26. The number of amides is 1. The Hall–Kier alpha value is -2.92. The van der Waals surface area contributed by atoms with E-state index in [4.69, 9.17) is 0 Å². The third-order valence-corrected chi connectivity index (χ3v) is 9.22. The summed E-state index contributed by atoms with van der Waals surface area (Å²) in [5, 5.41) is 0. The van der Waals surface area contributed by atoms with Crippen LogP contribution in [-0.2, 0) is 22.7 Å². The second-order valence-electron chi connectivity index (χ2n) is 9.76. The number of hydrogen-bond donors (Lipinski definition) is 0. The smallest absolute Gasteiger partial charge is 0.339 e. The lowest BCUT2D eigenvalue weighted by molar-refractivity contribution is -0.147. The lowest BCUT2D eigenvalue weighted by atomic mass is 9.96. The van der Waals surface area contributed by atoms with Gasteiger partial charge in [-0.25, -0.2) is 13.4 Å². The van der Waals surface area contributed by atoms with Crippen LogP contribution in [0, 0.1) is 5.92 Å². The van der Waals surface area contributed by atoms with Crippen molar-refractivity contribution in [2.75, 3.05) is 26.2 Å². The molecule has 0 N–H and O–H groups in total. The third-order valence-electron chi connectivity index (χ3n) is 7.30. The van der Waals surface area contributed by atoms with Gasteiger partial charge >= 0.3 is 6.18 Å². The Morgan fingerprint density at radius 1 is 0.919 bits per heavy atom. The number of fused-ring (bicyclic) bond motifs is 1. The van der Waals surface area contributed by atoms with Gasteiger partial charge in [-0.2, -0.15) is 17.5 Å². The van der Waals surface area contributed by atoms with E-state index in [1.54, 1.807) is 41.3 Å². The Kier molecular flexibility index (Phi) is 7.01. The molecule has 2 aromatic carbocycles. The van der Waals surface area contributed by atoms with Crippen LogP contribution in [0.4, 0.5) is 13.2 Å². The van der Waals surface area contributed by atoms with E-state index in [1.807, 2.05) is 0 Å². The van der Waals surface area contributed by atoms with E-state index in [0.29, 0.717) is 55.6 Å². The fourth-order valence-corrected chi connectivity index (χ4v) is 6.78. The van der Waals surface area contributed by atoms with Crippen LogP contribution in [0.3, 0.4) is 0 Å². The zero-order chi connectivity index (χ0) is 26.2. The first-order valence-corrected chi connectivity index (χ1v) is 14.0. The lowest BCUT2D eigenvalue weighted by Crippen LogP contribution is -2.39. The van der Waals surface area contributed by atoms with Crippen LogP contribution in [0.1, 0.15) is 48.3 Å². The van der Waals surface area contributed by atoms with Crippen molar-refractivity contribution >= 4 is 27.0 Å². The molecule has 0 spiro atoms. The summed E-state index contributed by atoms with van der Waals surface area (Å²) in [5.74, 6) is -1.13. The molecule has 2 fully saturated rings. The Bertz CT molecular complexity index is 1370. The maximum absolute atomic E-state index is 13.6. The number of para-hydroxylation sites is 2. The number of sulfonamides is 1. The molecule has 2 aliphatic rings. The number of benzene rings is 2. The van der Waals surface area contributed by atoms with Crippen molar-refractivity contribution in [3.8, 4) is 0 Å². The van der Waals surface area contributed by atoms with Gasteiger partial charge in [0.1, 0.15) is 0 Å². The molecule has 198 valence electrons. The molecule has 0 aliphatic carbocycles. The first-order valence-electron chi connectivity index (χ1n) is 12.6. The van der Waals surface area contributed by atoms with Crippen LogP contribution in [0.15, 0.2) is 53.4 Å². The van der Waals surface area contributed by atoms with Crippen molar-refractivity contribution in [2.45, 2.75) is 49.7 Å². The van der Waals surface area contributed by atoms with Crippen LogP contribution in [0.2, 0.25) is 0 Å². The Morgan fingerprint density at radius 2 is 1.57 bits per heavy atom. The molecule has 1 aromatic heterocycles. The Balaban J connectivity index is 1.23. The predicted molar refractivity (Wildman–Crippen MR) is 132 cm³/mol. The van der Waals surface area contributed by atoms with Gasteiger partial charge in [-0.05, 0) is 68.0 Å². The highest BCUT2D eigenvalue weighted by atomic mass is 32.2. The minimum atomic E-state index is -4.55. The van der Waals surface area contributed by atoms with Crippen molar-refractivity contribution in [1.82, 2.24) is 18.8 Å². The molecule has 0 bridgehead atoms. The first-order chi connectivity index (χ1) is 17.6. The lowest BCUT2D eigenvalue weighted by Gasteiger charge is -2.32. The monoisotopic (exact) mass is 534 g/mol. The van der Waals surface area contributed by atoms with Crippen LogP contribution < -0.4 is 0 Å². The number of imidazole rings is 1. The van der Waals surface area contributed by atoms with E-state index in [2.05, 4.69) is 4.98 Å². The molecule has 0 unspecified atom stereocenters. The van der Waals surface area contributed by atoms with Crippen LogP contribution in [-0.4, -0.2) is 59.3 Å². The highest BCUT2D eigenvalue weighted by Gasteiger charge is 2.38. The number of hydrogen-bond acceptors (Lipinski definition) is 4. The van der Waals surface area contributed by atoms with E-state index >= 15 is 0 Å². The second kappa shape index (κ2) is 10.1. The highest BCUT2D eigenvalue weighted by Crippen LogP contribution is 2.33. The van der Waals surface area contributed by atoms with Gasteiger partial charge in [-0.15, -0.1) is 0 Å². The number of piperidine rings is 2. The molecule has 7 nitrogen and oxygen atoms in total. The normalized spacial score (nSPS) is 18.4. The summed E-state index contributed by atoms with van der Waals surface area (Å²) in [5.41, 5.74) is 1.16. The first kappa shape index (κ1) is 25.7. The second-order valence-corrected chi connectivity index (χ2v) is 11.7. The van der Waals surface area contributed by atoms with Crippen molar-refractivity contribution in [3.63, 3.8) is 0 Å². The van der Waals surface area contributed by atoms with Gasteiger partial charge in [0.15, 0.2) is 0 Å². The molecule has 37 heavy (non-hydrogen) atoms. The number of rotatable bonds is 5. The van der Waals surface area contributed by atoms with Gasteiger partial charge in [0.2, 0.25) is 15.8 Å². The summed E-state index contributed by atoms with van der Waals surface area (Å²) in [6, 6.07) is 12.6. The van der Waals surface area contributed by atoms with E-state index in [0.717, 1.165) is 19.3 Å². The van der Waals surface area contributed by atoms with E-state index < -0.39 is 22.0 Å². The van der Waals surface area contributed by atoms with Crippen molar-refractivity contribution in [2.24, 2.45) is 5.92 Å².